The zero-order chi connectivity index (χ0) is 14.7. The molecule has 0 radical (unpaired) electrons. The molecule has 0 amide bonds. The van der Waals surface area contributed by atoms with Crippen molar-refractivity contribution in [3.63, 3.8) is 0 Å². The first-order valence-corrected chi connectivity index (χ1v) is 7.75. The summed E-state index contributed by atoms with van der Waals surface area (Å²) >= 11 is 0. The summed E-state index contributed by atoms with van der Waals surface area (Å²) in [5.41, 5.74) is 0.481. The first-order chi connectivity index (χ1) is 10.2. The third-order valence-corrected chi connectivity index (χ3v) is 4.78. The van der Waals surface area contributed by atoms with Crippen molar-refractivity contribution in [2.75, 3.05) is 18.0 Å². The van der Waals surface area contributed by atoms with E-state index in [9.17, 15) is 0 Å². The molecule has 2 aromatic heterocycles. The Morgan fingerprint density at radius 1 is 1.19 bits per heavy atom. The molecule has 5 heteroatoms. The van der Waals surface area contributed by atoms with Gasteiger partial charge in [-0.1, -0.05) is 20.3 Å². The fourth-order valence-corrected chi connectivity index (χ4v) is 2.97. The highest BCUT2D eigenvalue weighted by Crippen LogP contribution is 2.34. The van der Waals surface area contributed by atoms with Crippen LogP contribution in [0.25, 0.3) is 5.82 Å². The van der Waals surface area contributed by atoms with E-state index in [2.05, 4.69) is 39.8 Å². The molecule has 3 heterocycles. The van der Waals surface area contributed by atoms with Crippen LogP contribution in [0, 0.1) is 5.41 Å². The Labute approximate surface area is 126 Å². The SMILES string of the molecule is CC[C@@]1(C)CCCN(c2cc(-n3ccnc3)ncn2)CC1. The quantitative estimate of drug-likeness (QED) is 0.869. The van der Waals surface area contributed by atoms with Crippen LogP contribution in [0.1, 0.15) is 39.5 Å². The van der Waals surface area contributed by atoms with E-state index in [1.54, 1.807) is 18.9 Å². The first kappa shape index (κ1) is 14.0. The predicted molar refractivity (Wildman–Crippen MR) is 83.6 cm³/mol. The fraction of sp³-hybridized carbons (Fsp3) is 0.562. The topological polar surface area (TPSA) is 46.8 Å². The predicted octanol–water partition coefficient (Wildman–Crippen LogP) is 3.07. The van der Waals surface area contributed by atoms with E-state index in [1.807, 2.05) is 10.8 Å². The Bertz CT molecular complexity index is 580. The Morgan fingerprint density at radius 3 is 2.81 bits per heavy atom. The number of hydrogen-bond donors (Lipinski definition) is 0. The van der Waals surface area contributed by atoms with E-state index in [-0.39, 0.29) is 0 Å². The highest BCUT2D eigenvalue weighted by Gasteiger charge is 2.26. The number of imidazole rings is 1. The molecule has 0 saturated carbocycles. The summed E-state index contributed by atoms with van der Waals surface area (Å²) in [6.45, 7) is 6.87. The third-order valence-electron chi connectivity index (χ3n) is 4.78. The van der Waals surface area contributed by atoms with Gasteiger partial charge in [0.05, 0.1) is 0 Å². The Balaban J connectivity index is 1.79. The van der Waals surface area contributed by atoms with Crippen molar-refractivity contribution >= 4 is 5.82 Å². The molecule has 1 saturated heterocycles. The van der Waals surface area contributed by atoms with E-state index in [0.717, 1.165) is 24.7 Å². The van der Waals surface area contributed by atoms with Gasteiger partial charge in [-0.25, -0.2) is 15.0 Å². The summed E-state index contributed by atoms with van der Waals surface area (Å²) < 4.78 is 1.92. The summed E-state index contributed by atoms with van der Waals surface area (Å²) in [6, 6.07) is 2.05. The second-order valence-electron chi connectivity index (χ2n) is 6.21. The smallest absolute Gasteiger partial charge is 0.143 e. The molecule has 2 aromatic rings. The molecule has 0 unspecified atom stereocenters. The monoisotopic (exact) mass is 285 g/mol. The highest BCUT2D eigenvalue weighted by molar-refractivity contribution is 5.43. The van der Waals surface area contributed by atoms with Crippen molar-refractivity contribution in [2.45, 2.75) is 39.5 Å². The molecule has 1 fully saturated rings. The lowest BCUT2D eigenvalue weighted by molar-refractivity contribution is 0.275. The van der Waals surface area contributed by atoms with Gasteiger partial charge in [0.15, 0.2) is 0 Å². The number of aromatic nitrogens is 4. The molecule has 5 nitrogen and oxygen atoms in total. The molecular formula is C16H23N5. The van der Waals surface area contributed by atoms with Crippen molar-refractivity contribution in [3.05, 3.63) is 31.1 Å². The number of anilines is 1. The van der Waals surface area contributed by atoms with Crippen molar-refractivity contribution in [1.29, 1.82) is 0 Å². The lowest BCUT2D eigenvalue weighted by atomic mass is 9.80. The van der Waals surface area contributed by atoms with Crippen LogP contribution in [0.15, 0.2) is 31.1 Å². The maximum Gasteiger partial charge on any atom is 0.143 e. The molecule has 1 aliphatic heterocycles. The number of nitrogens with zero attached hydrogens (tertiary/aromatic N) is 5. The largest absolute Gasteiger partial charge is 0.356 e. The number of rotatable bonds is 3. The van der Waals surface area contributed by atoms with Gasteiger partial charge in [-0.3, -0.25) is 4.57 Å². The van der Waals surface area contributed by atoms with Crippen LogP contribution >= 0.6 is 0 Å². The van der Waals surface area contributed by atoms with Crippen LogP contribution in [-0.4, -0.2) is 32.6 Å². The lowest BCUT2D eigenvalue weighted by Crippen LogP contribution is -2.26. The van der Waals surface area contributed by atoms with Gasteiger partial charge in [0.2, 0.25) is 0 Å². The molecule has 0 N–H and O–H groups in total. The van der Waals surface area contributed by atoms with Crippen molar-refractivity contribution < 1.29 is 0 Å². The average Bonchev–Trinajstić information content (AvgIpc) is 2.98. The second kappa shape index (κ2) is 5.84. The summed E-state index contributed by atoms with van der Waals surface area (Å²) in [5.74, 6) is 1.90. The van der Waals surface area contributed by atoms with Crippen LogP contribution in [0.4, 0.5) is 5.82 Å². The number of hydrogen-bond acceptors (Lipinski definition) is 4. The summed E-state index contributed by atoms with van der Waals surface area (Å²) in [4.78, 5) is 15.3. The Hall–Kier alpha value is -1.91. The molecule has 0 spiro atoms. The maximum absolute atomic E-state index is 4.47. The Morgan fingerprint density at radius 2 is 2.05 bits per heavy atom. The first-order valence-electron chi connectivity index (χ1n) is 7.75. The van der Waals surface area contributed by atoms with Crippen molar-refractivity contribution in [2.24, 2.45) is 5.41 Å². The molecule has 0 aromatic carbocycles. The lowest BCUT2D eigenvalue weighted by Gasteiger charge is -2.27. The minimum atomic E-state index is 0.481. The van der Waals surface area contributed by atoms with Gasteiger partial charge < -0.3 is 4.90 Å². The third kappa shape index (κ3) is 3.06. The molecule has 21 heavy (non-hydrogen) atoms. The van der Waals surface area contributed by atoms with Crippen LogP contribution in [-0.2, 0) is 0 Å². The summed E-state index contributed by atoms with van der Waals surface area (Å²) in [7, 11) is 0. The van der Waals surface area contributed by atoms with E-state index in [0.29, 0.717) is 5.41 Å². The van der Waals surface area contributed by atoms with Crippen molar-refractivity contribution in [3.8, 4) is 5.82 Å². The van der Waals surface area contributed by atoms with Crippen molar-refractivity contribution in [1.82, 2.24) is 19.5 Å². The summed E-state index contributed by atoms with van der Waals surface area (Å²) in [5, 5.41) is 0. The van der Waals surface area contributed by atoms with Crippen LogP contribution in [0.3, 0.4) is 0 Å². The normalized spacial score (nSPS) is 23.0. The van der Waals surface area contributed by atoms with Crippen LogP contribution < -0.4 is 4.90 Å². The maximum atomic E-state index is 4.47. The molecule has 1 aliphatic rings. The van der Waals surface area contributed by atoms with Crippen LogP contribution in [0.5, 0.6) is 0 Å². The van der Waals surface area contributed by atoms with Gasteiger partial charge in [-0.05, 0) is 24.7 Å². The second-order valence-corrected chi connectivity index (χ2v) is 6.21. The van der Waals surface area contributed by atoms with Gasteiger partial charge in [-0.2, -0.15) is 0 Å². The van der Waals surface area contributed by atoms with Gasteiger partial charge >= 0.3 is 0 Å². The molecule has 0 aliphatic carbocycles. The molecule has 0 bridgehead atoms. The Kier molecular flexibility index (Phi) is 3.90. The average molecular weight is 285 g/mol. The van der Waals surface area contributed by atoms with Gasteiger partial charge in [0.1, 0.15) is 24.3 Å². The fourth-order valence-electron chi connectivity index (χ4n) is 2.97. The molecule has 3 rings (SSSR count). The van der Waals surface area contributed by atoms with E-state index >= 15 is 0 Å². The van der Waals surface area contributed by atoms with Crippen LogP contribution in [0.2, 0.25) is 0 Å². The minimum Gasteiger partial charge on any atom is -0.356 e. The standard InChI is InChI=1S/C16H23N5/c1-3-16(2)5-4-8-20(9-6-16)14-11-15(19-12-18-14)21-10-7-17-13-21/h7,10-13H,3-6,8-9H2,1-2H3/t16-/m0/s1. The zero-order valence-electron chi connectivity index (χ0n) is 12.9. The van der Waals surface area contributed by atoms with E-state index in [1.165, 1.54) is 25.7 Å². The van der Waals surface area contributed by atoms with Gasteiger partial charge in [0.25, 0.3) is 0 Å². The molecule has 1 atom stereocenters. The van der Waals surface area contributed by atoms with E-state index in [4.69, 9.17) is 0 Å². The molecule has 112 valence electrons. The van der Waals surface area contributed by atoms with Gasteiger partial charge in [0, 0.05) is 31.5 Å². The molecular weight excluding hydrogens is 262 g/mol. The summed E-state index contributed by atoms with van der Waals surface area (Å²) in [6.07, 6.45) is 12.1. The van der Waals surface area contributed by atoms with E-state index < -0.39 is 0 Å². The van der Waals surface area contributed by atoms with Gasteiger partial charge in [-0.15, -0.1) is 0 Å². The minimum absolute atomic E-state index is 0.481. The highest BCUT2D eigenvalue weighted by atomic mass is 15.2. The zero-order valence-corrected chi connectivity index (χ0v) is 12.9.